The number of carboxylic acid groups (broad SMARTS) is 2. The molecule has 11 heteroatoms. The largest absolute Gasteiger partial charge is 0.481 e. The fraction of sp³-hybridized carbons (Fsp3) is 0.800. The van der Waals surface area contributed by atoms with Crippen LogP contribution in [0.2, 0.25) is 0 Å². The normalized spacial score (nSPS) is 14.2. The van der Waals surface area contributed by atoms with Crippen molar-refractivity contribution in [3.63, 3.8) is 0 Å². The van der Waals surface area contributed by atoms with Crippen LogP contribution >= 0.6 is 0 Å². The molecule has 0 rings (SSSR count). The molecule has 0 radical (unpaired) electrons. The maximum absolute atomic E-state index is 12.5. The van der Waals surface area contributed by atoms with E-state index in [1.54, 1.807) is 0 Å². The molecule has 11 nitrogen and oxygen atoms in total. The van der Waals surface area contributed by atoms with Crippen LogP contribution in [0, 0.1) is 0 Å². The maximum atomic E-state index is 12.5. The van der Waals surface area contributed by atoms with E-state index in [0.29, 0.717) is 19.4 Å². The summed E-state index contributed by atoms with van der Waals surface area (Å²) in [4.78, 5) is 46.9. The van der Waals surface area contributed by atoms with Gasteiger partial charge in [0.2, 0.25) is 11.8 Å². The summed E-state index contributed by atoms with van der Waals surface area (Å²) in [6, 6.07) is -2.33. The number of rotatable bonds is 17. The van der Waals surface area contributed by atoms with Gasteiger partial charge in [-0.25, -0.2) is 4.79 Å². The van der Waals surface area contributed by atoms with Crippen molar-refractivity contribution in [1.29, 1.82) is 0 Å². The van der Waals surface area contributed by atoms with Crippen LogP contribution in [-0.2, 0) is 19.2 Å². The third kappa shape index (κ3) is 13.6. The molecule has 8 N–H and O–H groups in total. The van der Waals surface area contributed by atoms with Gasteiger partial charge in [0.25, 0.3) is 0 Å². The first-order valence-corrected chi connectivity index (χ1v) is 10.7. The third-order valence-corrected chi connectivity index (χ3v) is 4.42. The lowest BCUT2D eigenvalue weighted by molar-refractivity contribution is -0.143. The molecule has 0 aliphatic carbocycles. The molecule has 0 saturated heterocycles. The summed E-state index contributed by atoms with van der Waals surface area (Å²) in [5.41, 5.74) is 5.60. The highest BCUT2D eigenvalue weighted by Gasteiger charge is 2.26. The molecule has 0 heterocycles. The second-order valence-corrected chi connectivity index (χ2v) is 8.10. The van der Waals surface area contributed by atoms with Gasteiger partial charge in [0.05, 0.1) is 12.1 Å². The van der Waals surface area contributed by atoms with Crippen molar-refractivity contribution in [3.05, 3.63) is 0 Å². The van der Waals surface area contributed by atoms with Gasteiger partial charge in [-0.2, -0.15) is 0 Å². The zero-order valence-corrected chi connectivity index (χ0v) is 18.9. The minimum absolute atomic E-state index is 0.0600. The number of carboxylic acids is 2. The molecule has 1 unspecified atom stereocenters. The summed E-state index contributed by atoms with van der Waals surface area (Å²) >= 11 is 0. The summed E-state index contributed by atoms with van der Waals surface area (Å²) in [6.45, 7) is 8.00. The van der Waals surface area contributed by atoms with E-state index in [1.165, 1.54) is 0 Å². The van der Waals surface area contributed by atoms with E-state index >= 15 is 0 Å². The Bertz CT molecular complexity index is 584. The van der Waals surface area contributed by atoms with Crippen LogP contribution in [0.5, 0.6) is 0 Å². The van der Waals surface area contributed by atoms with Crippen LogP contribution in [0.25, 0.3) is 0 Å². The second-order valence-electron chi connectivity index (χ2n) is 8.10. The fourth-order valence-corrected chi connectivity index (χ4v) is 2.95. The van der Waals surface area contributed by atoms with E-state index in [9.17, 15) is 24.3 Å². The van der Waals surface area contributed by atoms with Crippen LogP contribution in [0.1, 0.15) is 59.8 Å². The minimum Gasteiger partial charge on any atom is -0.481 e. The lowest BCUT2D eigenvalue weighted by atomic mass is 10.1. The Morgan fingerprint density at radius 1 is 0.806 bits per heavy atom. The lowest BCUT2D eigenvalue weighted by Crippen LogP contribution is -2.52. The monoisotopic (exact) mass is 445 g/mol. The van der Waals surface area contributed by atoms with Crippen LogP contribution < -0.4 is 27.0 Å². The van der Waals surface area contributed by atoms with Gasteiger partial charge in [-0.1, -0.05) is 27.7 Å². The lowest BCUT2D eigenvalue weighted by Gasteiger charge is -2.23. The summed E-state index contributed by atoms with van der Waals surface area (Å²) in [6.07, 6.45) is 1.06. The van der Waals surface area contributed by atoms with E-state index in [4.69, 9.17) is 10.8 Å². The number of nitrogens with two attached hydrogens (primary N) is 1. The van der Waals surface area contributed by atoms with Crippen molar-refractivity contribution in [2.45, 2.75) is 90.0 Å². The van der Waals surface area contributed by atoms with Gasteiger partial charge in [0.1, 0.15) is 6.04 Å². The first-order valence-electron chi connectivity index (χ1n) is 10.7. The molecule has 0 bridgehead atoms. The van der Waals surface area contributed by atoms with Crippen molar-refractivity contribution in [2.75, 3.05) is 13.1 Å². The van der Waals surface area contributed by atoms with Gasteiger partial charge < -0.3 is 37.2 Å². The molecule has 0 aliphatic rings. The van der Waals surface area contributed by atoms with Gasteiger partial charge in [0.15, 0.2) is 0 Å². The number of amides is 2. The molecule has 31 heavy (non-hydrogen) atoms. The first kappa shape index (κ1) is 28.8. The Hall–Kier alpha value is -2.24. The van der Waals surface area contributed by atoms with E-state index in [2.05, 4.69) is 21.3 Å². The van der Waals surface area contributed by atoms with Crippen molar-refractivity contribution in [1.82, 2.24) is 21.3 Å². The quantitative estimate of drug-likeness (QED) is 0.144. The minimum atomic E-state index is -1.16. The number of carbonyl (C=O) groups is 4. The summed E-state index contributed by atoms with van der Waals surface area (Å²) in [5.74, 6) is -2.94. The number of hydrogen-bond donors (Lipinski definition) is 7. The summed E-state index contributed by atoms with van der Waals surface area (Å²) in [5, 5.41) is 29.6. The van der Waals surface area contributed by atoms with E-state index in [-0.39, 0.29) is 43.8 Å². The fourth-order valence-electron chi connectivity index (χ4n) is 2.95. The van der Waals surface area contributed by atoms with E-state index < -0.39 is 36.0 Å². The van der Waals surface area contributed by atoms with Gasteiger partial charge in [-0.3, -0.25) is 14.4 Å². The zero-order valence-electron chi connectivity index (χ0n) is 18.9. The molecule has 0 saturated carbocycles. The highest BCUT2D eigenvalue weighted by Crippen LogP contribution is 2.05. The molecule has 0 aromatic rings. The molecule has 0 fully saturated rings. The summed E-state index contributed by atoms with van der Waals surface area (Å²) < 4.78 is 0. The van der Waals surface area contributed by atoms with Crippen LogP contribution in [-0.4, -0.2) is 77.3 Å². The highest BCUT2D eigenvalue weighted by molar-refractivity contribution is 5.87. The van der Waals surface area contributed by atoms with Crippen molar-refractivity contribution < 1.29 is 29.4 Å². The predicted octanol–water partition coefficient (Wildman–Crippen LogP) is -0.601. The van der Waals surface area contributed by atoms with Crippen molar-refractivity contribution in [2.24, 2.45) is 5.73 Å². The molecule has 0 aromatic carbocycles. The van der Waals surface area contributed by atoms with Crippen molar-refractivity contribution >= 4 is 23.8 Å². The maximum Gasteiger partial charge on any atom is 0.326 e. The molecule has 3 atom stereocenters. The Balaban J connectivity index is 4.56. The standard InChI is InChI=1S/C20H39N5O6/c1-12(2)23-14(8-9-17(26)27)19(29)25-15(20(30)31)7-5-6-10-22-18(28)16(11-21)24-13(3)4/h12-16,23-24H,5-11,21H2,1-4H3,(H,22,28)(H,25,29)(H,26,27)(H,30,31)/t14-,15?,16-/m0/s1. The number of unbranched alkanes of at least 4 members (excludes halogenated alkanes) is 1. The average Bonchev–Trinajstić information content (AvgIpc) is 2.66. The number of nitrogens with one attached hydrogen (secondary N) is 4. The average molecular weight is 446 g/mol. The molecule has 0 aliphatic heterocycles. The topological polar surface area (TPSA) is 183 Å². The number of aliphatic carboxylic acids is 2. The number of hydrogen-bond acceptors (Lipinski definition) is 7. The summed E-state index contributed by atoms with van der Waals surface area (Å²) in [7, 11) is 0. The van der Waals surface area contributed by atoms with Gasteiger partial charge in [-0.15, -0.1) is 0 Å². The number of carbonyl (C=O) groups excluding carboxylic acids is 2. The van der Waals surface area contributed by atoms with Crippen LogP contribution in [0.15, 0.2) is 0 Å². The second kappa shape index (κ2) is 15.5. The Kier molecular flexibility index (Phi) is 14.4. The smallest absolute Gasteiger partial charge is 0.326 e. The molecule has 0 aromatic heterocycles. The molecular weight excluding hydrogens is 406 g/mol. The third-order valence-electron chi connectivity index (χ3n) is 4.42. The Labute approximate surface area is 183 Å². The molecule has 180 valence electrons. The Morgan fingerprint density at radius 2 is 1.39 bits per heavy atom. The van der Waals surface area contributed by atoms with E-state index in [0.717, 1.165) is 0 Å². The van der Waals surface area contributed by atoms with Gasteiger partial charge >= 0.3 is 11.9 Å². The predicted molar refractivity (Wildman–Crippen MR) is 116 cm³/mol. The van der Waals surface area contributed by atoms with Gasteiger partial charge in [0, 0.05) is 31.6 Å². The van der Waals surface area contributed by atoms with Crippen molar-refractivity contribution in [3.8, 4) is 0 Å². The SMILES string of the molecule is CC(C)N[C@@H](CN)C(=O)NCCCCC(NC(=O)[C@H](CCC(=O)O)NC(C)C)C(=O)O. The van der Waals surface area contributed by atoms with Crippen LogP contribution in [0.3, 0.4) is 0 Å². The molecule has 2 amide bonds. The molecular formula is C20H39N5O6. The highest BCUT2D eigenvalue weighted by atomic mass is 16.4. The Morgan fingerprint density at radius 3 is 1.87 bits per heavy atom. The molecule has 0 spiro atoms. The zero-order chi connectivity index (χ0) is 24.0. The van der Waals surface area contributed by atoms with E-state index in [1.807, 2.05) is 27.7 Å². The first-order chi connectivity index (χ1) is 14.5. The van der Waals surface area contributed by atoms with Gasteiger partial charge in [-0.05, 0) is 25.7 Å². The van der Waals surface area contributed by atoms with Crippen LogP contribution in [0.4, 0.5) is 0 Å².